The lowest BCUT2D eigenvalue weighted by molar-refractivity contribution is 1.28. The number of aromatic nitrogens is 1. The van der Waals surface area contributed by atoms with Crippen LogP contribution < -0.4 is 0 Å². The predicted molar refractivity (Wildman–Crippen MR) is 82.8 cm³/mol. The van der Waals surface area contributed by atoms with E-state index in [1.807, 2.05) is 0 Å². The van der Waals surface area contributed by atoms with E-state index in [1.165, 1.54) is 34.1 Å². The molecule has 0 aliphatic carbocycles. The molecule has 2 heteroatoms. The lowest BCUT2D eigenvalue weighted by Gasteiger charge is -2.18. The minimum atomic E-state index is -0.0972. The van der Waals surface area contributed by atoms with Crippen LogP contribution in [0, 0.1) is 0 Å². The van der Waals surface area contributed by atoms with E-state index in [2.05, 4.69) is 66.7 Å². The molecule has 1 aromatic heterocycles. The summed E-state index contributed by atoms with van der Waals surface area (Å²) in [5.41, 5.74) is 2.79. The summed E-state index contributed by atoms with van der Waals surface area (Å²) < 4.78 is 2.58. The highest BCUT2D eigenvalue weighted by atomic mass is 31.1. The fourth-order valence-electron chi connectivity index (χ4n) is 2.71. The van der Waals surface area contributed by atoms with Crippen LogP contribution in [0.25, 0.3) is 21.8 Å². The second kappa shape index (κ2) is 4.74. The maximum Gasteiger partial charge on any atom is 0.0526 e. The molecule has 2 aromatic carbocycles. The molecule has 0 aliphatic rings. The monoisotopic (exact) mass is 255 g/mol. The van der Waals surface area contributed by atoms with Gasteiger partial charge in [0.25, 0.3) is 0 Å². The fourth-order valence-corrected chi connectivity index (χ4v) is 4.68. The van der Waals surface area contributed by atoms with Crippen LogP contribution in [0.3, 0.4) is 0 Å². The summed E-state index contributed by atoms with van der Waals surface area (Å²) in [6, 6.07) is 17.6. The summed E-state index contributed by atoms with van der Waals surface area (Å²) in [6.45, 7) is 4.61. The van der Waals surface area contributed by atoms with Crippen molar-refractivity contribution in [2.24, 2.45) is 0 Å². The molecule has 0 spiro atoms. The molecular weight excluding hydrogens is 237 g/mol. The second-order valence-electron chi connectivity index (χ2n) is 4.49. The number of para-hydroxylation sites is 2. The normalized spacial score (nSPS) is 11.7. The van der Waals surface area contributed by atoms with Crippen molar-refractivity contribution < 1.29 is 0 Å². The van der Waals surface area contributed by atoms with Crippen LogP contribution >= 0.6 is 8.07 Å². The summed E-state index contributed by atoms with van der Waals surface area (Å²) in [7, 11) is -0.0972. The molecule has 1 nitrogen and oxygen atoms in total. The van der Waals surface area contributed by atoms with E-state index >= 15 is 0 Å². The Labute approximate surface area is 109 Å². The maximum atomic E-state index is 2.58. The zero-order valence-electron chi connectivity index (χ0n) is 10.9. The third-order valence-electron chi connectivity index (χ3n) is 3.57. The highest BCUT2D eigenvalue weighted by Gasteiger charge is 2.14. The zero-order valence-corrected chi connectivity index (χ0v) is 11.8. The van der Waals surface area contributed by atoms with Crippen LogP contribution in [0.5, 0.6) is 0 Å². The molecule has 0 saturated heterocycles. The number of rotatable bonds is 3. The minimum Gasteiger partial charge on any atom is -0.319 e. The van der Waals surface area contributed by atoms with Gasteiger partial charge in [-0.25, -0.2) is 0 Å². The average molecular weight is 255 g/mol. The first-order chi connectivity index (χ1) is 8.86. The zero-order chi connectivity index (χ0) is 12.5. The summed E-state index contributed by atoms with van der Waals surface area (Å²) in [4.78, 5) is 0. The fraction of sp³-hybridized carbons (Fsp3) is 0.250. The quantitative estimate of drug-likeness (QED) is 0.575. The molecule has 0 N–H and O–H groups in total. The summed E-state index contributed by atoms with van der Waals surface area (Å²) >= 11 is 0. The molecule has 18 heavy (non-hydrogen) atoms. The minimum absolute atomic E-state index is 0.0972. The van der Waals surface area contributed by atoms with Gasteiger partial charge in [0, 0.05) is 10.8 Å². The standard InChI is InChI=1S/C16H18NP/c1-3-18(4-2)17-15-11-7-5-9-13(15)14-10-6-8-12-16(14)17/h5-12H,3-4H2,1-2H3. The third kappa shape index (κ3) is 1.66. The van der Waals surface area contributed by atoms with Crippen molar-refractivity contribution in [2.75, 3.05) is 12.3 Å². The molecule has 0 fully saturated rings. The van der Waals surface area contributed by atoms with Crippen molar-refractivity contribution in [3.05, 3.63) is 48.5 Å². The van der Waals surface area contributed by atoms with Crippen molar-refractivity contribution in [1.29, 1.82) is 0 Å². The van der Waals surface area contributed by atoms with E-state index < -0.39 is 0 Å². The van der Waals surface area contributed by atoms with Gasteiger partial charge < -0.3 is 4.34 Å². The van der Waals surface area contributed by atoms with E-state index in [0.29, 0.717) is 0 Å². The van der Waals surface area contributed by atoms with Gasteiger partial charge in [0.2, 0.25) is 0 Å². The number of hydrogen-bond donors (Lipinski definition) is 0. The largest absolute Gasteiger partial charge is 0.319 e. The van der Waals surface area contributed by atoms with Crippen LogP contribution in [-0.4, -0.2) is 16.7 Å². The van der Waals surface area contributed by atoms with Gasteiger partial charge in [-0.1, -0.05) is 50.2 Å². The Hall–Kier alpha value is -1.33. The van der Waals surface area contributed by atoms with E-state index in [9.17, 15) is 0 Å². The first kappa shape index (κ1) is 11.7. The Morgan fingerprint density at radius 3 is 1.67 bits per heavy atom. The number of hydrogen-bond acceptors (Lipinski definition) is 0. The predicted octanol–water partition coefficient (Wildman–Crippen LogP) is 5.08. The molecule has 0 aliphatic heterocycles. The van der Waals surface area contributed by atoms with Crippen LogP contribution in [0.2, 0.25) is 0 Å². The average Bonchev–Trinajstić information content (AvgIpc) is 2.76. The Kier molecular flexibility index (Phi) is 3.09. The van der Waals surface area contributed by atoms with Crippen LogP contribution in [0.4, 0.5) is 0 Å². The van der Waals surface area contributed by atoms with Crippen molar-refractivity contribution >= 4 is 29.9 Å². The van der Waals surface area contributed by atoms with E-state index in [0.717, 1.165) is 0 Å². The Morgan fingerprint density at radius 2 is 1.22 bits per heavy atom. The van der Waals surface area contributed by atoms with E-state index in [4.69, 9.17) is 0 Å². The van der Waals surface area contributed by atoms with Gasteiger partial charge >= 0.3 is 0 Å². The Bertz CT molecular complexity index is 626. The molecule has 1 heterocycles. The Morgan fingerprint density at radius 1 is 0.778 bits per heavy atom. The summed E-state index contributed by atoms with van der Waals surface area (Å²) in [5.74, 6) is 0. The van der Waals surface area contributed by atoms with E-state index in [1.54, 1.807) is 0 Å². The van der Waals surface area contributed by atoms with Crippen molar-refractivity contribution in [3.8, 4) is 0 Å². The Balaban J connectivity index is 2.45. The molecule has 0 unspecified atom stereocenters. The molecule has 0 saturated carbocycles. The van der Waals surface area contributed by atoms with Gasteiger partial charge in [-0.05, 0) is 32.5 Å². The van der Waals surface area contributed by atoms with Gasteiger partial charge in [-0.15, -0.1) is 0 Å². The first-order valence-electron chi connectivity index (χ1n) is 6.60. The van der Waals surface area contributed by atoms with Crippen molar-refractivity contribution in [1.82, 2.24) is 4.34 Å². The van der Waals surface area contributed by atoms with Crippen LogP contribution in [0.1, 0.15) is 13.8 Å². The SMILES string of the molecule is CCP(CC)n1c2ccccc2c2ccccc21. The van der Waals surface area contributed by atoms with Crippen molar-refractivity contribution in [3.63, 3.8) is 0 Å². The van der Waals surface area contributed by atoms with Gasteiger partial charge in [-0.3, -0.25) is 0 Å². The smallest absolute Gasteiger partial charge is 0.0526 e. The van der Waals surface area contributed by atoms with E-state index in [-0.39, 0.29) is 8.07 Å². The molecule has 92 valence electrons. The molecule has 0 atom stereocenters. The van der Waals surface area contributed by atoms with Gasteiger partial charge in [-0.2, -0.15) is 0 Å². The molecule has 3 aromatic rings. The molecule has 0 amide bonds. The summed E-state index contributed by atoms with van der Waals surface area (Å²) in [6.07, 6.45) is 2.49. The summed E-state index contributed by atoms with van der Waals surface area (Å²) in [5, 5.41) is 2.78. The van der Waals surface area contributed by atoms with Crippen molar-refractivity contribution in [2.45, 2.75) is 13.8 Å². The lowest BCUT2D eigenvalue weighted by atomic mass is 10.2. The molecule has 0 bridgehead atoms. The number of fused-ring (bicyclic) bond motifs is 3. The highest BCUT2D eigenvalue weighted by molar-refractivity contribution is 7.56. The maximum absolute atomic E-state index is 2.58. The lowest BCUT2D eigenvalue weighted by Crippen LogP contribution is -1.96. The van der Waals surface area contributed by atoms with Crippen LogP contribution in [0.15, 0.2) is 48.5 Å². The third-order valence-corrected chi connectivity index (χ3v) is 6.02. The number of nitrogens with zero attached hydrogens (tertiary/aromatic N) is 1. The van der Waals surface area contributed by atoms with Gasteiger partial charge in [0.05, 0.1) is 11.0 Å². The highest BCUT2D eigenvalue weighted by Crippen LogP contribution is 2.44. The molecular formula is C16H18NP. The second-order valence-corrected chi connectivity index (χ2v) is 7.16. The first-order valence-corrected chi connectivity index (χ1v) is 8.26. The van der Waals surface area contributed by atoms with Gasteiger partial charge in [0.1, 0.15) is 0 Å². The number of benzene rings is 2. The van der Waals surface area contributed by atoms with Crippen LogP contribution in [-0.2, 0) is 0 Å². The topological polar surface area (TPSA) is 4.93 Å². The van der Waals surface area contributed by atoms with Gasteiger partial charge in [0.15, 0.2) is 0 Å². The molecule has 0 radical (unpaired) electrons. The molecule has 3 rings (SSSR count).